The van der Waals surface area contributed by atoms with Crippen molar-refractivity contribution in [1.29, 1.82) is 0 Å². The van der Waals surface area contributed by atoms with Gasteiger partial charge in [-0.15, -0.1) is 0 Å². The molecule has 0 saturated carbocycles. The second-order valence-electron chi connectivity index (χ2n) is 9.82. The van der Waals surface area contributed by atoms with E-state index in [0.717, 1.165) is 5.56 Å². The van der Waals surface area contributed by atoms with Crippen molar-refractivity contribution in [1.82, 2.24) is 0 Å². The van der Waals surface area contributed by atoms with Gasteiger partial charge >= 0.3 is 0 Å². The van der Waals surface area contributed by atoms with E-state index < -0.39 is 45.0 Å². The predicted molar refractivity (Wildman–Crippen MR) is 124 cm³/mol. The Labute approximate surface area is 199 Å². The van der Waals surface area contributed by atoms with Gasteiger partial charge in [-0.2, -0.15) is 0 Å². The third-order valence-electron chi connectivity index (χ3n) is 6.87. The third kappa shape index (κ3) is 6.03. The lowest BCUT2D eigenvalue weighted by atomic mass is 9.95. The van der Waals surface area contributed by atoms with Crippen molar-refractivity contribution < 1.29 is 43.9 Å². The summed E-state index contributed by atoms with van der Waals surface area (Å²) >= 11 is 0. The molecule has 1 aromatic rings. The molecule has 9 nitrogen and oxygen atoms in total. The van der Waals surface area contributed by atoms with Crippen molar-refractivity contribution in [2.45, 2.75) is 87.7 Å². The highest BCUT2D eigenvalue weighted by molar-refractivity contribution is 6.72. The molecule has 2 fully saturated rings. The molecule has 0 aromatic heterocycles. The van der Waals surface area contributed by atoms with Gasteiger partial charge in [-0.05, 0) is 56.0 Å². The Morgan fingerprint density at radius 1 is 1.06 bits per heavy atom. The fourth-order valence-electron chi connectivity index (χ4n) is 5.18. The molecule has 2 aliphatic rings. The largest absolute Gasteiger partial charge is 0.396 e. The molecule has 11 heteroatoms. The minimum atomic E-state index is -2.97. The van der Waals surface area contributed by atoms with E-state index in [9.17, 15) is 34.4 Å². The summed E-state index contributed by atoms with van der Waals surface area (Å²) in [6.07, 6.45) is -7.23. The zero-order chi connectivity index (χ0) is 25.2. The van der Waals surface area contributed by atoms with Crippen LogP contribution in [0.3, 0.4) is 0 Å². The summed E-state index contributed by atoms with van der Waals surface area (Å²) in [5, 5.41) is 51.0. The van der Waals surface area contributed by atoms with Crippen LogP contribution in [0, 0.1) is 5.92 Å². The number of nitrogens with one attached hydrogen (secondary N) is 1. The fraction of sp³-hybridized carbons (Fsp3) is 0.696. The number of aliphatic hydroxyl groups is 5. The highest BCUT2D eigenvalue weighted by Gasteiger charge is 2.50. The van der Waals surface area contributed by atoms with Crippen LogP contribution in [-0.4, -0.2) is 89.4 Å². The van der Waals surface area contributed by atoms with Crippen LogP contribution in [0.5, 0.6) is 0 Å². The second kappa shape index (κ2) is 11.1. The van der Waals surface area contributed by atoms with E-state index in [-0.39, 0.29) is 30.3 Å². The fourth-order valence-corrected chi connectivity index (χ4v) is 7.77. The summed E-state index contributed by atoms with van der Waals surface area (Å²) in [5.41, 5.74) is 1.16. The van der Waals surface area contributed by atoms with E-state index in [0.29, 0.717) is 24.9 Å². The van der Waals surface area contributed by atoms with Crippen LogP contribution in [-0.2, 0) is 20.7 Å². The third-order valence-corrected chi connectivity index (χ3v) is 9.35. The first-order chi connectivity index (χ1) is 15.9. The maximum absolute atomic E-state index is 14.9. The zero-order valence-electron chi connectivity index (χ0n) is 19.7. The number of ether oxygens (including phenoxy) is 2. The van der Waals surface area contributed by atoms with Crippen molar-refractivity contribution in [2.75, 3.05) is 11.9 Å². The summed E-state index contributed by atoms with van der Waals surface area (Å²) < 4.78 is 26.0. The van der Waals surface area contributed by atoms with E-state index in [1.54, 1.807) is 31.3 Å². The van der Waals surface area contributed by atoms with E-state index in [1.807, 2.05) is 13.0 Å². The Morgan fingerprint density at radius 3 is 2.41 bits per heavy atom. The lowest BCUT2D eigenvalue weighted by molar-refractivity contribution is -0.274. The molecule has 2 saturated heterocycles. The van der Waals surface area contributed by atoms with Crippen LogP contribution in [0.4, 0.5) is 9.80 Å². The lowest BCUT2D eigenvalue weighted by Gasteiger charge is -2.37. The Hall–Kier alpha value is -1.44. The summed E-state index contributed by atoms with van der Waals surface area (Å²) in [6.45, 7) is 5.33. The average Bonchev–Trinajstić information content (AvgIpc) is 3.09. The van der Waals surface area contributed by atoms with Gasteiger partial charge in [0.15, 0.2) is 12.4 Å². The molecule has 0 aliphatic carbocycles. The number of carbonyl (C=O) groups excluding carboxylic acids is 1. The maximum atomic E-state index is 14.9. The molecule has 3 rings (SSSR count). The Morgan fingerprint density at radius 2 is 1.76 bits per heavy atom. The van der Waals surface area contributed by atoms with E-state index in [4.69, 9.17) is 9.47 Å². The van der Waals surface area contributed by atoms with Gasteiger partial charge in [-0.1, -0.05) is 19.1 Å². The number of hydrogen-bond donors (Lipinski definition) is 6. The molecule has 0 spiro atoms. The first-order valence-corrected chi connectivity index (χ1v) is 14.6. The van der Waals surface area contributed by atoms with Gasteiger partial charge in [-0.25, -0.2) is 0 Å². The topological polar surface area (TPSA) is 149 Å². The number of aryl methyl sites for hydroxylation is 1. The first-order valence-electron chi connectivity index (χ1n) is 11.7. The molecular weight excluding hydrogens is 465 g/mol. The van der Waals surface area contributed by atoms with Crippen LogP contribution in [0.1, 0.15) is 25.3 Å². The quantitative estimate of drug-likeness (QED) is 0.225. The molecule has 1 amide bonds. The van der Waals surface area contributed by atoms with Crippen LogP contribution in [0.2, 0.25) is 18.6 Å². The molecule has 2 heterocycles. The number of amides is 1. The molecular formula is C23H36FNO8Si. The highest BCUT2D eigenvalue weighted by atomic mass is 28.4. The molecule has 1 aromatic carbocycles. The van der Waals surface area contributed by atoms with Gasteiger partial charge in [0.05, 0.1) is 12.2 Å². The lowest BCUT2D eigenvalue weighted by Crippen LogP contribution is -2.60. The normalized spacial score (nSPS) is 36.4. The summed E-state index contributed by atoms with van der Waals surface area (Å²) in [4.78, 5) is 12.6. The van der Waals surface area contributed by atoms with Crippen LogP contribution >= 0.6 is 0 Å². The number of anilines is 1. The minimum Gasteiger partial charge on any atom is -0.396 e. The Kier molecular flexibility index (Phi) is 8.85. The number of benzene rings is 1. The SMILES string of the molecule is C[C@@H]1[C@@H]([Si](C)(C)F)[C@H](CCO)O[C@@H]1CCc1cccc(NC(=O)[C@H]2O[C@@H](O)[C@H](O)[C@@H](O)[C@@H]2O)c1. The first kappa shape index (κ1) is 27.1. The highest BCUT2D eigenvalue weighted by Crippen LogP contribution is 2.46. The molecule has 34 heavy (non-hydrogen) atoms. The van der Waals surface area contributed by atoms with Crippen LogP contribution in [0.25, 0.3) is 0 Å². The zero-order valence-corrected chi connectivity index (χ0v) is 20.7. The minimum absolute atomic E-state index is 0.0317. The van der Waals surface area contributed by atoms with Crippen molar-refractivity contribution in [3.63, 3.8) is 0 Å². The molecule has 9 atom stereocenters. The molecule has 0 radical (unpaired) electrons. The van der Waals surface area contributed by atoms with Gasteiger partial charge < -0.3 is 44.4 Å². The molecule has 2 aliphatic heterocycles. The van der Waals surface area contributed by atoms with Crippen molar-refractivity contribution >= 4 is 20.0 Å². The Bertz CT molecular complexity index is 839. The van der Waals surface area contributed by atoms with Gasteiger partial charge in [0.25, 0.3) is 5.91 Å². The maximum Gasteiger partial charge on any atom is 0.256 e. The monoisotopic (exact) mass is 501 g/mol. The molecule has 6 N–H and O–H groups in total. The number of rotatable bonds is 8. The van der Waals surface area contributed by atoms with Crippen molar-refractivity contribution in [3.05, 3.63) is 29.8 Å². The number of hydrogen-bond acceptors (Lipinski definition) is 8. The Balaban J connectivity index is 1.61. The molecule has 0 bridgehead atoms. The van der Waals surface area contributed by atoms with Gasteiger partial charge in [0.2, 0.25) is 8.41 Å². The summed E-state index contributed by atoms with van der Waals surface area (Å²) in [5.74, 6) is -0.739. The van der Waals surface area contributed by atoms with E-state index in [2.05, 4.69) is 5.32 Å². The van der Waals surface area contributed by atoms with Crippen molar-refractivity contribution in [2.24, 2.45) is 5.92 Å². The second-order valence-corrected chi connectivity index (χ2v) is 13.6. The summed E-state index contributed by atoms with van der Waals surface area (Å²) in [7, 11) is -2.97. The van der Waals surface area contributed by atoms with Crippen LogP contribution < -0.4 is 5.32 Å². The number of halogens is 1. The summed E-state index contributed by atoms with van der Waals surface area (Å²) in [6, 6.07) is 7.05. The standard InChI is InChI=1S/C23H36FNO8Si/c1-12-15(32-16(9-10-26)21(12)34(2,3)24)8-7-13-5-4-6-14(11-13)25-22(30)20-18(28)17(27)19(29)23(31)33-20/h4-6,11-12,15-21,23,26-29,31H,7-10H2,1-3H3,(H,25,30)/t12-,15+,16-,17-,18-,19+,20-,21+,23+/m0/s1. The number of aliphatic hydroxyl groups excluding tert-OH is 5. The molecule has 0 unspecified atom stereocenters. The van der Waals surface area contributed by atoms with Crippen molar-refractivity contribution in [3.8, 4) is 0 Å². The average molecular weight is 502 g/mol. The van der Waals surface area contributed by atoms with E-state index >= 15 is 0 Å². The van der Waals surface area contributed by atoms with E-state index in [1.165, 1.54) is 0 Å². The predicted octanol–water partition coefficient (Wildman–Crippen LogP) is 0.688. The van der Waals surface area contributed by atoms with Crippen LogP contribution in [0.15, 0.2) is 24.3 Å². The van der Waals surface area contributed by atoms with Gasteiger partial charge in [0, 0.05) is 17.8 Å². The molecule has 192 valence electrons. The van der Waals surface area contributed by atoms with Gasteiger partial charge in [0.1, 0.15) is 18.3 Å². The number of carbonyl (C=O) groups is 1. The van der Waals surface area contributed by atoms with Gasteiger partial charge in [-0.3, -0.25) is 4.79 Å². The smallest absolute Gasteiger partial charge is 0.256 e.